The summed E-state index contributed by atoms with van der Waals surface area (Å²) >= 11 is 0. The van der Waals surface area contributed by atoms with Gasteiger partial charge >= 0.3 is 0 Å². The van der Waals surface area contributed by atoms with E-state index < -0.39 is 10.0 Å². The Morgan fingerprint density at radius 3 is 2.73 bits per heavy atom. The van der Waals surface area contributed by atoms with E-state index >= 15 is 0 Å². The van der Waals surface area contributed by atoms with E-state index in [-0.39, 0.29) is 23.8 Å². The average molecular weight is 320 g/mol. The topological polar surface area (TPSA) is 79.6 Å². The van der Waals surface area contributed by atoms with Crippen molar-refractivity contribution in [2.75, 3.05) is 11.9 Å². The molecule has 0 saturated carbocycles. The molecule has 1 aliphatic rings. The lowest BCUT2D eigenvalue weighted by Gasteiger charge is -2.11. The third kappa shape index (κ3) is 2.65. The predicted molar refractivity (Wildman–Crippen MR) is 81.0 cm³/mol. The van der Waals surface area contributed by atoms with Crippen molar-refractivity contribution in [3.63, 3.8) is 0 Å². The summed E-state index contributed by atoms with van der Waals surface area (Å²) < 4.78 is 32.5. The minimum absolute atomic E-state index is 0.0384. The van der Waals surface area contributed by atoms with Gasteiger partial charge in [-0.15, -0.1) is 0 Å². The van der Waals surface area contributed by atoms with Gasteiger partial charge in [0.05, 0.1) is 17.9 Å². The van der Waals surface area contributed by atoms with Crippen molar-refractivity contribution >= 4 is 21.6 Å². The van der Waals surface area contributed by atoms with E-state index in [1.165, 1.54) is 11.0 Å². The van der Waals surface area contributed by atoms with Crippen LogP contribution in [0.3, 0.4) is 0 Å². The highest BCUT2D eigenvalue weighted by molar-refractivity contribution is 7.89. The summed E-state index contributed by atoms with van der Waals surface area (Å²) in [7, 11) is -1.97. The summed E-state index contributed by atoms with van der Waals surface area (Å²) in [6, 6.07) is 8.22. The van der Waals surface area contributed by atoms with E-state index in [0.717, 1.165) is 17.0 Å². The Bertz CT molecular complexity index is 839. The minimum atomic E-state index is -3.65. The van der Waals surface area contributed by atoms with Gasteiger partial charge in [-0.1, -0.05) is 0 Å². The summed E-state index contributed by atoms with van der Waals surface area (Å²) in [6.45, 7) is 1.89. The van der Waals surface area contributed by atoms with Gasteiger partial charge in [-0.05, 0) is 42.8 Å². The third-order valence-corrected chi connectivity index (χ3v) is 5.07. The van der Waals surface area contributed by atoms with Crippen LogP contribution in [0.15, 0.2) is 39.6 Å². The van der Waals surface area contributed by atoms with Gasteiger partial charge in [-0.25, -0.2) is 13.1 Å². The lowest BCUT2D eigenvalue weighted by atomic mass is 10.2. The number of hydrogen-bond donors (Lipinski definition) is 1. The fourth-order valence-electron chi connectivity index (χ4n) is 2.44. The van der Waals surface area contributed by atoms with Crippen molar-refractivity contribution < 1.29 is 17.6 Å². The lowest BCUT2D eigenvalue weighted by Crippen LogP contribution is -2.23. The molecule has 1 aliphatic heterocycles. The molecule has 0 bridgehead atoms. The fraction of sp³-hybridized carbons (Fsp3) is 0.267. The van der Waals surface area contributed by atoms with E-state index in [1.54, 1.807) is 38.2 Å². The molecule has 0 fully saturated rings. The van der Waals surface area contributed by atoms with Gasteiger partial charge in [0.25, 0.3) is 0 Å². The Labute approximate surface area is 128 Å². The highest BCUT2D eigenvalue weighted by atomic mass is 32.2. The first-order chi connectivity index (χ1) is 10.4. The molecule has 2 aromatic rings. The van der Waals surface area contributed by atoms with Crippen LogP contribution in [0.2, 0.25) is 0 Å². The van der Waals surface area contributed by atoms with E-state index in [4.69, 9.17) is 4.42 Å². The van der Waals surface area contributed by atoms with E-state index in [2.05, 4.69) is 4.72 Å². The van der Waals surface area contributed by atoms with Crippen LogP contribution in [-0.2, 0) is 27.8 Å². The number of rotatable bonds is 4. The molecule has 6 nitrogen and oxygen atoms in total. The number of amides is 1. The quantitative estimate of drug-likeness (QED) is 0.927. The SMILES string of the molecule is Cc1ccc(CNS(=O)(=O)c2ccc3c(c2)CC(=O)N3C)o1. The number of likely N-dealkylation sites (N-methyl/N-ethyl adjacent to an activating group) is 1. The van der Waals surface area contributed by atoms with Crippen molar-refractivity contribution in [1.29, 1.82) is 0 Å². The Kier molecular flexibility index (Phi) is 3.54. The number of benzene rings is 1. The summed E-state index contributed by atoms with van der Waals surface area (Å²) in [5.41, 5.74) is 1.48. The number of anilines is 1. The maximum absolute atomic E-state index is 12.3. The molecule has 0 spiro atoms. The molecule has 22 heavy (non-hydrogen) atoms. The molecule has 0 saturated heterocycles. The largest absolute Gasteiger partial charge is 0.465 e. The molecule has 3 rings (SSSR count). The summed E-state index contributed by atoms with van der Waals surface area (Å²) in [5.74, 6) is 1.24. The van der Waals surface area contributed by atoms with Gasteiger partial charge in [0, 0.05) is 12.7 Å². The molecule has 1 aromatic heterocycles. The second kappa shape index (κ2) is 5.26. The average Bonchev–Trinajstić information content (AvgIpc) is 3.01. The van der Waals surface area contributed by atoms with Crippen LogP contribution < -0.4 is 9.62 Å². The van der Waals surface area contributed by atoms with Crippen LogP contribution in [0.25, 0.3) is 0 Å². The van der Waals surface area contributed by atoms with Crippen LogP contribution in [0.5, 0.6) is 0 Å². The Morgan fingerprint density at radius 1 is 1.27 bits per heavy atom. The predicted octanol–water partition coefficient (Wildman–Crippen LogP) is 1.59. The summed E-state index contributed by atoms with van der Waals surface area (Å²) in [4.78, 5) is 13.3. The smallest absolute Gasteiger partial charge is 0.240 e. The maximum Gasteiger partial charge on any atom is 0.240 e. The van der Waals surface area contributed by atoms with Crippen molar-refractivity contribution in [2.45, 2.75) is 24.8 Å². The highest BCUT2D eigenvalue weighted by Crippen LogP contribution is 2.29. The van der Waals surface area contributed by atoms with Crippen LogP contribution in [0.1, 0.15) is 17.1 Å². The van der Waals surface area contributed by atoms with Gasteiger partial charge in [0.1, 0.15) is 11.5 Å². The Balaban J connectivity index is 1.81. The summed E-state index contributed by atoms with van der Waals surface area (Å²) in [6.07, 6.45) is 0.229. The number of hydrogen-bond acceptors (Lipinski definition) is 4. The molecule has 0 atom stereocenters. The first-order valence-electron chi connectivity index (χ1n) is 6.81. The molecule has 1 amide bonds. The van der Waals surface area contributed by atoms with Crippen LogP contribution in [0.4, 0.5) is 5.69 Å². The number of nitrogens with zero attached hydrogens (tertiary/aromatic N) is 1. The third-order valence-electron chi connectivity index (χ3n) is 3.67. The van der Waals surface area contributed by atoms with Crippen LogP contribution in [-0.4, -0.2) is 21.4 Å². The van der Waals surface area contributed by atoms with Crippen molar-refractivity contribution in [3.05, 3.63) is 47.4 Å². The Morgan fingerprint density at radius 2 is 2.05 bits per heavy atom. The standard InChI is InChI=1S/C15H16N2O4S/c1-10-3-4-12(21-10)9-16-22(19,20)13-5-6-14-11(7-13)8-15(18)17(14)2/h3-7,16H,8-9H2,1-2H3. The Hall–Kier alpha value is -2.12. The number of nitrogens with one attached hydrogen (secondary N) is 1. The molecule has 0 unspecified atom stereocenters. The highest BCUT2D eigenvalue weighted by Gasteiger charge is 2.26. The zero-order valence-electron chi connectivity index (χ0n) is 12.3. The van der Waals surface area contributed by atoms with Crippen LogP contribution in [0, 0.1) is 6.92 Å². The van der Waals surface area contributed by atoms with Gasteiger partial charge in [0.15, 0.2) is 0 Å². The lowest BCUT2D eigenvalue weighted by molar-refractivity contribution is -0.117. The number of aryl methyl sites for hydroxylation is 1. The molecule has 116 valence electrons. The number of carbonyl (C=O) groups excluding carboxylic acids is 1. The zero-order chi connectivity index (χ0) is 15.9. The zero-order valence-corrected chi connectivity index (χ0v) is 13.1. The van der Waals surface area contributed by atoms with Crippen molar-refractivity contribution in [2.24, 2.45) is 0 Å². The van der Waals surface area contributed by atoms with E-state index in [0.29, 0.717) is 5.76 Å². The van der Waals surface area contributed by atoms with Gasteiger partial charge in [0.2, 0.25) is 15.9 Å². The van der Waals surface area contributed by atoms with Crippen molar-refractivity contribution in [3.8, 4) is 0 Å². The molecule has 7 heteroatoms. The number of carbonyl (C=O) groups is 1. The van der Waals surface area contributed by atoms with Gasteiger partial charge in [-0.2, -0.15) is 0 Å². The number of furan rings is 1. The normalized spacial score (nSPS) is 14.5. The molecule has 2 heterocycles. The molecular weight excluding hydrogens is 304 g/mol. The molecular formula is C15H16N2O4S. The molecule has 1 aromatic carbocycles. The van der Waals surface area contributed by atoms with Crippen LogP contribution >= 0.6 is 0 Å². The molecule has 1 N–H and O–H groups in total. The maximum atomic E-state index is 12.3. The molecule has 0 aliphatic carbocycles. The minimum Gasteiger partial charge on any atom is -0.465 e. The monoisotopic (exact) mass is 320 g/mol. The van der Waals surface area contributed by atoms with Crippen molar-refractivity contribution in [1.82, 2.24) is 4.72 Å². The van der Waals surface area contributed by atoms with E-state index in [9.17, 15) is 13.2 Å². The molecule has 0 radical (unpaired) electrons. The van der Waals surface area contributed by atoms with E-state index in [1.807, 2.05) is 0 Å². The number of sulfonamides is 1. The first kappa shape index (κ1) is 14.8. The second-order valence-corrected chi connectivity index (χ2v) is 7.02. The summed E-state index contributed by atoms with van der Waals surface area (Å²) in [5, 5.41) is 0. The second-order valence-electron chi connectivity index (χ2n) is 5.26. The first-order valence-corrected chi connectivity index (χ1v) is 8.29. The van der Waals surface area contributed by atoms with Gasteiger partial charge in [-0.3, -0.25) is 4.79 Å². The van der Waals surface area contributed by atoms with Gasteiger partial charge < -0.3 is 9.32 Å². The number of fused-ring (bicyclic) bond motifs is 1. The fourth-order valence-corrected chi connectivity index (χ4v) is 3.49.